The molecule has 0 saturated heterocycles. The molecule has 2 aromatic heterocycles. The van der Waals surface area contributed by atoms with Crippen LogP contribution in [0.2, 0.25) is 0 Å². The topological polar surface area (TPSA) is 52.0 Å². The number of hydrogen-bond acceptors (Lipinski definition) is 4. The minimum Gasteiger partial charge on any atom is -0.497 e. The Labute approximate surface area is 119 Å². The maximum absolute atomic E-state index is 5.30. The highest BCUT2D eigenvalue weighted by Crippen LogP contribution is 2.19. The standard InChI is InChI=1S/C15H20N4O/c1-11-7-14(20-2)8-13(18-11)10-19-6-5-16-15(19)9-17-12-3-4-12/h5-8,12,17H,3-4,9-10H2,1-2H3. The van der Waals surface area contributed by atoms with E-state index in [1.807, 2.05) is 31.5 Å². The molecule has 0 aromatic carbocycles. The fourth-order valence-corrected chi connectivity index (χ4v) is 2.25. The second kappa shape index (κ2) is 5.63. The molecular formula is C15H20N4O. The zero-order valence-electron chi connectivity index (χ0n) is 12.0. The maximum Gasteiger partial charge on any atom is 0.123 e. The molecule has 106 valence electrons. The van der Waals surface area contributed by atoms with Crippen LogP contribution in [0.1, 0.15) is 30.1 Å². The minimum absolute atomic E-state index is 0.692. The average molecular weight is 272 g/mol. The molecule has 1 aliphatic carbocycles. The smallest absolute Gasteiger partial charge is 0.123 e. The lowest BCUT2D eigenvalue weighted by atomic mass is 10.3. The van der Waals surface area contributed by atoms with E-state index < -0.39 is 0 Å². The Morgan fingerprint density at radius 2 is 2.25 bits per heavy atom. The van der Waals surface area contributed by atoms with Crippen LogP contribution in [0.5, 0.6) is 5.75 Å². The highest BCUT2D eigenvalue weighted by atomic mass is 16.5. The first kappa shape index (κ1) is 13.1. The van der Waals surface area contributed by atoms with E-state index in [0.717, 1.165) is 36.1 Å². The van der Waals surface area contributed by atoms with Gasteiger partial charge in [-0.3, -0.25) is 4.98 Å². The number of ether oxygens (including phenoxy) is 1. The third-order valence-electron chi connectivity index (χ3n) is 3.48. The molecule has 0 atom stereocenters. The van der Waals surface area contributed by atoms with E-state index in [9.17, 15) is 0 Å². The molecule has 20 heavy (non-hydrogen) atoms. The predicted octanol–water partition coefficient (Wildman–Crippen LogP) is 1.90. The van der Waals surface area contributed by atoms with Crippen LogP contribution in [0, 0.1) is 6.92 Å². The summed E-state index contributed by atoms with van der Waals surface area (Å²) >= 11 is 0. The van der Waals surface area contributed by atoms with Gasteiger partial charge in [-0.1, -0.05) is 0 Å². The van der Waals surface area contributed by atoms with Gasteiger partial charge in [0.2, 0.25) is 0 Å². The summed E-state index contributed by atoms with van der Waals surface area (Å²) in [5.74, 6) is 1.91. The highest BCUT2D eigenvalue weighted by molar-refractivity contribution is 5.27. The van der Waals surface area contributed by atoms with Crippen molar-refractivity contribution in [2.75, 3.05) is 7.11 Å². The second-order valence-electron chi connectivity index (χ2n) is 5.27. The van der Waals surface area contributed by atoms with Gasteiger partial charge < -0.3 is 14.6 Å². The van der Waals surface area contributed by atoms with Crippen LogP contribution in [-0.2, 0) is 13.1 Å². The van der Waals surface area contributed by atoms with E-state index >= 15 is 0 Å². The van der Waals surface area contributed by atoms with Crippen LogP contribution < -0.4 is 10.1 Å². The SMILES string of the molecule is COc1cc(C)nc(Cn2ccnc2CNC2CC2)c1. The lowest BCUT2D eigenvalue weighted by Crippen LogP contribution is -2.19. The van der Waals surface area contributed by atoms with Gasteiger partial charge in [0.1, 0.15) is 11.6 Å². The first-order chi connectivity index (χ1) is 9.74. The normalized spacial score (nSPS) is 14.5. The minimum atomic E-state index is 0.692. The van der Waals surface area contributed by atoms with Crippen LogP contribution in [0.4, 0.5) is 0 Å². The number of rotatable bonds is 6. The van der Waals surface area contributed by atoms with Crippen molar-refractivity contribution < 1.29 is 4.74 Å². The maximum atomic E-state index is 5.30. The number of nitrogens with one attached hydrogen (secondary N) is 1. The Kier molecular flexibility index (Phi) is 3.69. The van der Waals surface area contributed by atoms with Crippen LogP contribution in [0.25, 0.3) is 0 Å². The molecule has 1 saturated carbocycles. The van der Waals surface area contributed by atoms with Crippen LogP contribution in [0.15, 0.2) is 24.5 Å². The van der Waals surface area contributed by atoms with Crippen LogP contribution in [0.3, 0.4) is 0 Å². The van der Waals surface area contributed by atoms with E-state index in [2.05, 4.69) is 19.9 Å². The number of nitrogens with zero attached hydrogens (tertiary/aromatic N) is 3. The molecule has 0 radical (unpaired) electrons. The van der Waals surface area contributed by atoms with E-state index in [1.165, 1.54) is 12.8 Å². The largest absolute Gasteiger partial charge is 0.497 e. The summed E-state index contributed by atoms with van der Waals surface area (Å²) < 4.78 is 7.43. The van der Waals surface area contributed by atoms with Gasteiger partial charge in [0, 0.05) is 36.3 Å². The van der Waals surface area contributed by atoms with Gasteiger partial charge in [0.15, 0.2) is 0 Å². The van der Waals surface area contributed by atoms with Crippen molar-refractivity contribution in [2.24, 2.45) is 0 Å². The molecule has 0 aliphatic heterocycles. The Morgan fingerprint density at radius 3 is 3.00 bits per heavy atom. The number of aryl methyl sites for hydroxylation is 1. The molecule has 0 bridgehead atoms. The predicted molar refractivity (Wildman–Crippen MR) is 76.7 cm³/mol. The molecule has 0 unspecified atom stereocenters. The van der Waals surface area contributed by atoms with E-state index in [4.69, 9.17) is 4.74 Å². The van der Waals surface area contributed by atoms with Gasteiger partial charge in [-0.25, -0.2) is 4.98 Å². The van der Waals surface area contributed by atoms with Crippen molar-refractivity contribution in [1.29, 1.82) is 0 Å². The molecule has 0 spiro atoms. The van der Waals surface area contributed by atoms with E-state index in [-0.39, 0.29) is 0 Å². The van der Waals surface area contributed by atoms with Gasteiger partial charge in [-0.05, 0) is 19.8 Å². The summed E-state index contributed by atoms with van der Waals surface area (Å²) in [7, 11) is 1.68. The van der Waals surface area contributed by atoms with Gasteiger partial charge in [-0.2, -0.15) is 0 Å². The summed E-state index contributed by atoms with van der Waals surface area (Å²) in [5.41, 5.74) is 1.96. The fourth-order valence-electron chi connectivity index (χ4n) is 2.25. The third-order valence-corrected chi connectivity index (χ3v) is 3.48. The lowest BCUT2D eigenvalue weighted by molar-refractivity contribution is 0.412. The Balaban J connectivity index is 1.73. The zero-order chi connectivity index (χ0) is 13.9. The summed E-state index contributed by atoms with van der Waals surface area (Å²) in [4.78, 5) is 8.97. The zero-order valence-corrected chi connectivity index (χ0v) is 12.0. The van der Waals surface area contributed by atoms with E-state index in [1.54, 1.807) is 7.11 Å². The Hall–Kier alpha value is -1.88. The molecule has 5 nitrogen and oxygen atoms in total. The third kappa shape index (κ3) is 3.17. The Bertz CT molecular complexity index is 589. The van der Waals surface area contributed by atoms with Crippen molar-refractivity contribution in [2.45, 2.75) is 38.9 Å². The molecule has 1 aliphatic rings. The first-order valence-corrected chi connectivity index (χ1v) is 6.99. The molecular weight excluding hydrogens is 252 g/mol. The van der Waals surface area contributed by atoms with Gasteiger partial charge in [-0.15, -0.1) is 0 Å². The summed E-state index contributed by atoms with van der Waals surface area (Å²) in [6, 6.07) is 4.61. The summed E-state index contributed by atoms with van der Waals surface area (Å²) in [5, 5.41) is 3.49. The molecule has 2 aromatic rings. The molecule has 0 amide bonds. The number of pyridine rings is 1. The lowest BCUT2D eigenvalue weighted by Gasteiger charge is -2.10. The quantitative estimate of drug-likeness (QED) is 0.872. The van der Waals surface area contributed by atoms with Crippen molar-refractivity contribution >= 4 is 0 Å². The van der Waals surface area contributed by atoms with Crippen LogP contribution >= 0.6 is 0 Å². The highest BCUT2D eigenvalue weighted by Gasteiger charge is 2.20. The van der Waals surface area contributed by atoms with Gasteiger partial charge >= 0.3 is 0 Å². The molecule has 1 N–H and O–H groups in total. The molecule has 2 heterocycles. The fraction of sp³-hybridized carbons (Fsp3) is 0.467. The molecule has 3 rings (SSSR count). The van der Waals surface area contributed by atoms with Crippen molar-refractivity contribution in [1.82, 2.24) is 19.9 Å². The van der Waals surface area contributed by atoms with Crippen molar-refractivity contribution in [3.05, 3.63) is 41.7 Å². The van der Waals surface area contributed by atoms with Gasteiger partial charge in [0.25, 0.3) is 0 Å². The monoisotopic (exact) mass is 272 g/mol. The first-order valence-electron chi connectivity index (χ1n) is 6.99. The number of hydrogen-bond donors (Lipinski definition) is 1. The van der Waals surface area contributed by atoms with E-state index in [0.29, 0.717) is 6.04 Å². The van der Waals surface area contributed by atoms with Gasteiger partial charge in [0.05, 0.1) is 25.9 Å². The average Bonchev–Trinajstić information content (AvgIpc) is 3.16. The number of imidazole rings is 1. The summed E-state index contributed by atoms with van der Waals surface area (Å²) in [6.45, 7) is 3.52. The number of aromatic nitrogens is 3. The molecule has 1 fully saturated rings. The number of methoxy groups -OCH3 is 1. The molecule has 5 heteroatoms. The summed E-state index contributed by atoms with van der Waals surface area (Å²) in [6.07, 6.45) is 6.42. The van der Waals surface area contributed by atoms with Crippen molar-refractivity contribution in [3.63, 3.8) is 0 Å². The van der Waals surface area contributed by atoms with Crippen LogP contribution in [-0.4, -0.2) is 27.7 Å². The second-order valence-corrected chi connectivity index (χ2v) is 5.27. The van der Waals surface area contributed by atoms with Crippen molar-refractivity contribution in [3.8, 4) is 5.75 Å². The Morgan fingerprint density at radius 1 is 1.40 bits per heavy atom.